The lowest BCUT2D eigenvalue weighted by Crippen LogP contribution is -2.01. The summed E-state index contributed by atoms with van der Waals surface area (Å²) >= 11 is 0. The number of nitrogen functional groups attached to an aromatic ring is 2. The summed E-state index contributed by atoms with van der Waals surface area (Å²) in [5, 5.41) is 0.457. The third-order valence-corrected chi connectivity index (χ3v) is 5.38. The zero-order chi connectivity index (χ0) is 24.4. The second kappa shape index (κ2) is 9.15. The average Bonchev–Trinajstić information content (AvgIpc) is 2.86. The molecule has 35 heavy (non-hydrogen) atoms. The van der Waals surface area contributed by atoms with Crippen molar-refractivity contribution in [3.8, 4) is 40.1 Å². The maximum absolute atomic E-state index is 12.8. The highest BCUT2D eigenvalue weighted by molar-refractivity contribution is 5.81. The standard InChI is InChI=1S/C28H22N2O5/c1-32-21-10-12-23-25(31)16-28(35-26(23)14-21)24-13-11-22(33-19-6-2-17(29)3-7-19)15-27(24)34-20-8-4-18(30)5-9-20/h2-16H,29-30H2,1H3. The van der Waals surface area contributed by atoms with E-state index >= 15 is 0 Å². The minimum absolute atomic E-state index is 0.176. The van der Waals surface area contributed by atoms with Crippen LogP contribution in [-0.4, -0.2) is 7.11 Å². The first-order valence-electron chi connectivity index (χ1n) is 10.8. The Morgan fingerprint density at radius 2 is 1.26 bits per heavy atom. The second-order valence-corrected chi connectivity index (χ2v) is 7.84. The SMILES string of the molecule is COc1ccc2c(=O)cc(-c3ccc(Oc4ccc(N)cc4)cc3Oc3ccc(N)cc3)oc2c1. The van der Waals surface area contributed by atoms with Crippen LogP contribution in [0.1, 0.15) is 0 Å². The Bertz CT molecular complexity index is 1560. The highest BCUT2D eigenvalue weighted by Gasteiger charge is 2.15. The molecule has 174 valence electrons. The van der Waals surface area contributed by atoms with Crippen LogP contribution in [0.15, 0.2) is 100 Å². The highest BCUT2D eigenvalue weighted by Crippen LogP contribution is 2.38. The fraction of sp³-hybridized carbons (Fsp3) is 0.0357. The molecule has 0 amide bonds. The molecule has 4 aromatic carbocycles. The Morgan fingerprint density at radius 1 is 0.657 bits per heavy atom. The number of benzene rings is 4. The summed E-state index contributed by atoms with van der Waals surface area (Å²) in [7, 11) is 1.56. The van der Waals surface area contributed by atoms with Gasteiger partial charge in [0, 0.05) is 29.6 Å². The first-order chi connectivity index (χ1) is 17.0. The van der Waals surface area contributed by atoms with E-state index in [1.165, 1.54) is 6.07 Å². The molecule has 7 heteroatoms. The molecule has 0 spiro atoms. The number of fused-ring (bicyclic) bond motifs is 1. The van der Waals surface area contributed by atoms with Crippen molar-refractivity contribution in [1.29, 1.82) is 0 Å². The number of nitrogens with two attached hydrogens (primary N) is 2. The Morgan fingerprint density at radius 3 is 1.91 bits per heavy atom. The third kappa shape index (κ3) is 4.74. The van der Waals surface area contributed by atoms with E-state index in [4.69, 9.17) is 30.1 Å². The Hall–Kier alpha value is -4.91. The number of methoxy groups -OCH3 is 1. The lowest BCUT2D eigenvalue weighted by Gasteiger charge is -2.14. The van der Waals surface area contributed by atoms with E-state index in [0.717, 1.165) is 0 Å². The van der Waals surface area contributed by atoms with E-state index in [9.17, 15) is 4.79 Å². The van der Waals surface area contributed by atoms with Crippen LogP contribution in [0.3, 0.4) is 0 Å². The maximum atomic E-state index is 12.8. The van der Waals surface area contributed by atoms with Crippen LogP contribution in [0.5, 0.6) is 28.7 Å². The van der Waals surface area contributed by atoms with Crippen molar-refractivity contribution in [2.45, 2.75) is 0 Å². The molecule has 0 aliphatic carbocycles. The minimum atomic E-state index is -0.176. The van der Waals surface area contributed by atoms with Gasteiger partial charge in [-0.15, -0.1) is 0 Å². The van der Waals surface area contributed by atoms with Gasteiger partial charge in [-0.05, 0) is 72.8 Å². The van der Waals surface area contributed by atoms with Gasteiger partial charge < -0.3 is 30.1 Å². The Kier molecular flexibility index (Phi) is 5.73. The topological polar surface area (TPSA) is 110 Å². The monoisotopic (exact) mass is 466 g/mol. The molecule has 7 nitrogen and oxygen atoms in total. The first kappa shape index (κ1) is 21.9. The van der Waals surface area contributed by atoms with Crippen LogP contribution in [0.4, 0.5) is 11.4 Å². The summed E-state index contributed by atoms with van der Waals surface area (Å²) in [6.07, 6.45) is 0. The van der Waals surface area contributed by atoms with Crippen LogP contribution >= 0.6 is 0 Å². The van der Waals surface area contributed by atoms with Crippen LogP contribution < -0.4 is 31.1 Å². The van der Waals surface area contributed by atoms with Crippen molar-refractivity contribution < 1.29 is 18.6 Å². The molecule has 5 rings (SSSR count). The van der Waals surface area contributed by atoms with Gasteiger partial charge in [-0.1, -0.05) is 0 Å². The quantitative estimate of drug-likeness (QED) is 0.286. The van der Waals surface area contributed by atoms with E-state index in [0.29, 0.717) is 62.4 Å². The third-order valence-electron chi connectivity index (χ3n) is 5.38. The molecule has 1 aromatic heterocycles. The van der Waals surface area contributed by atoms with Crippen molar-refractivity contribution in [3.63, 3.8) is 0 Å². The van der Waals surface area contributed by atoms with Gasteiger partial charge in [0.25, 0.3) is 0 Å². The summed E-state index contributed by atoms with van der Waals surface area (Å²) in [5.41, 5.74) is 13.6. The van der Waals surface area contributed by atoms with Gasteiger partial charge in [0.05, 0.1) is 18.1 Å². The van der Waals surface area contributed by atoms with Gasteiger partial charge in [0.2, 0.25) is 0 Å². The van der Waals surface area contributed by atoms with Crippen LogP contribution in [0, 0.1) is 0 Å². The molecule has 5 aromatic rings. The summed E-state index contributed by atoms with van der Waals surface area (Å²) in [5.74, 6) is 3.09. The van der Waals surface area contributed by atoms with Crippen LogP contribution in [0.25, 0.3) is 22.3 Å². The normalized spacial score (nSPS) is 10.8. The van der Waals surface area contributed by atoms with Gasteiger partial charge in [0.1, 0.15) is 40.1 Å². The number of hydrogen-bond donors (Lipinski definition) is 2. The van der Waals surface area contributed by atoms with Crippen molar-refractivity contribution in [1.82, 2.24) is 0 Å². The summed E-state index contributed by atoms with van der Waals surface area (Å²) < 4.78 is 23.5. The Balaban J connectivity index is 1.60. The summed E-state index contributed by atoms with van der Waals surface area (Å²) in [4.78, 5) is 12.8. The van der Waals surface area contributed by atoms with E-state index in [-0.39, 0.29) is 5.43 Å². The maximum Gasteiger partial charge on any atom is 0.193 e. The highest BCUT2D eigenvalue weighted by atomic mass is 16.5. The van der Waals surface area contributed by atoms with Crippen molar-refractivity contribution in [2.24, 2.45) is 0 Å². The molecule has 0 aliphatic heterocycles. The number of anilines is 2. The molecule has 0 fully saturated rings. The summed E-state index contributed by atoms with van der Waals surface area (Å²) in [6, 6.07) is 25.9. The lowest BCUT2D eigenvalue weighted by molar-refractivity contribution is 0.414. The van der Waals surface area contributed by atoms with Gasteiger partial charge in [0.15, 0.2) is 5.43 Å². The largest absolute Gasteiger partial charge is 0.497 e. The smallest absolute Gasteiger partial charge is 0.193 e. The van der Waals surface area contributed by atoms with Gasteiger partial charge in [-0.3, -0.25) is 4.79 Å². The van der Waals surface area contributed by atoms with Gasteiger partial charge in [-0.25, -0.2) is 0 Å². The fourth-order valence-corrected chi connectivity index (χ4v) is 3.58. The predicted octanol–water partition coefficient (Wildman–Crippen LogP) is 6.22. The fourth-order valence-electron chi connectivity index (χ4n) is 3.58. The summed E-state index contributed by atoms with van der Waals surface area (Å²) in [6.45, 7) is 0. The first-order valence-corrected chi connectivity index (χ1v) is 10.8. The van der Waals surface area contributed by atoms with Gasteiger partial charge >= 0.3 is 0 Å². The number of rotatable bonds is 6. The molecule has 0 unspecified atom stereocenters. The van der Waals surface area contributed by atoms with E-state index in [1.807, 2.05) is 0 Å². The van der Waals surface area contributed by atoms with Crippen molar-refractivity contribution >= 4 is 22.3 Å². The van der Waals surface area contributed by atoms with E-state index in [1.54, 1.807) is 92.0 Å². The zero-order valence-corrected chi connectivity index (χ0v) is 18.9. The predicted molar refractivity (Wildman–Crippen MR) is 136 cm³/mol. The molecule has 0 aliphatic rings. The van der Waals surface area contributed by atoms with Crippen molar-refractivity contribution in [2.75, 3.05) is 18.6 Å². The number of hydrogen-bond acceptors (Lipinski definition) is 7. The lowest BCUT2D eigenvalue weighted by atomic mass is 10.1. The minimum Gasteiger partial charge on any atom is -0.497 e. The Labute approximate surface area is 201 Å². The zero-order valence-electron chi connectivity index (χ0n) is 18.9. The van der Waals surface area contributed by atoms with Gasteiger partial charge in [-0.2, -0.15) is 0 Å². The van der Waals surface area contributed by atoms with Crippen LogP contribution in [0.2, 0.25) is 0 Å². The van der Waals surface area contributed by atoms with E-state index in [2.05, 4.69) is 0 Å². The molecule has 0 atom stereocenters. The molecular formula is C28H22N2O5. The molecule has 4 N–H and O–H groups in total. The van der Waals surface area contributed by atoms with Crippen molar-refractivity contribution in [3.05, 3.63) is 101 Å². The second-order valence-electron chi connectivity index (χ2n) is 7.84. The molecule has 1 heterocycles. The van der Waals surface area contributed by atoms with E-state index < -0.39 is 0 Å². The molecular weight excluding hydrogens is 444 g/mol. The molecule has 0 bridgehead atoms. The van der Waals surface area contributed by atoms with Crippen LogP contribution in [-0.2, 0) is 0 Å². The molecule has 0 saturated carbocycles. The molecule has 0 saturated heterocycles. The average molecular weight is 466 g/mol. The molecule has 0 radical (unpaired) electrons. The number of ether oxygens (including phenoxy) is 3.